The number of rotatable bonds is 4. The molecule has 1 aliphatic rings. The van der Waals surface area contributed by atoms with Crippen molar-refractivity contribution in [2.45, 2.75) is 52.4 Å². The summed E-state index contributed by atoms with van der Waals surface area (Å²) in [5.74, 6) is 0. The summed E-state index contributed by atoms with van der Waals surface area (Å²) >= 11 is 0. The molecule has 6 nitrogen and oxygen atoms in total. The predicted molar refractivity (Wildman–Crippen MR) is 85.1 cm³/mol. The molecule has 0 N–H and O–H groups in total. The van der Waals surface area contributed by atoms with Gasteiger partial charge in [0, 0.05) is 10.5 Å². The maximum absolute atomic E-state index is 11.3. The second-order valence-corrected chi connectivity index (χ2v) is 6.49. The van der Waals surface area contributed by atoms with E-state index in [0.717, 1.165) is 22.9 Å². The van der Waals surface area contributed by atoms with Crippen LogP contribution in [0.25, 0.3) is 10.4 Å². The summed E-state index contributed by atoms with van der Waals surface area (Å²) in [6.07, 6.45) is 0.795. The first-order valence-corrected chi connectivity index (χ1v) is 7.17. The third kappa shape index (κ3) is 2.88. The van der Waals surface area contributed by atoms with Gasteiger partial charge in [0.25, 0.3) is 0 Å². The van der Waals surface area contributed by atoms with Gasteiger partial charge in [0.2, 0.25) is 0 Å². The smallest absolute Gasteiger partial charge is 0.399 e. The molecule has 0 saturated carbocycles. The maximum Gasteiger partial charge on any atom is 0.494 e. The van der Waals surface area contributed by atoms with Gasteiger partial charge in [-0.05, 0) is 56.7 Å². The van der Waals surface area contributed by atoms with Gasteiger partial charge < -0.3 is 9.31 Å². The number of carbonyl (C=O) groups is 1. The van der Waals surface area contributed by atoms with E-state index in [0.29, 0.717) is 5.56 Å². The SMILES string of the molecule is Cc1c(C=O)cc(B2OC(C)(C)C(C)(C)O2)cc1CN=[N+]=[N-]. The van der Waals surface area contributed by atoms with Crippen LogP contribution < -0.4 is 5.46 Å². The summed E-state index contributed by atoms with van der Waals surface area (Å²) in [5, 5.41) is 3.59. The summed E-state index contributed by atoms with van der Waals surface area (Å²) < 4.78 is 12.0. The van der Waals surface area contributed by atoms with Gasteiger partial charge in [-0.25, -0.2) is 0 Å². The Labute approximate surface area is 130 Å². The molecular formula is C15H20BN3O3. The number of carbonyl (C=O) groups excluding carboxylic acids is 1. The Bertz CT molecular complexity index is 636. The third-order valence-corrected chi connectivity index (χ3v) is 4.53. The topological polar surface area (TPSA) is 84.3 Å². The number of hydrogen-bond donors (Lipinski definition) is 0. The quantitative estimate of drug-likeness (QED) is 0.282. The van der Waals surface area contributed by atoms with Gasteiger partial charge in [-0.3, -0.25) is 4.79 Å². The molecule has 0 radical (unpaired) electrons. The molecule has 0 bridgehead atoms. The molecule has 22 heavy (non-hydrogen) atoms. The normalized spacial score (nSPS) is 18.9. The first-order valence-electron chi connectivity index (χ1n) is 7.17. The molecule has 0 amide bonds. The first-order chi connectivity index (χ1) is 10.2. The average Bonchev–Trinajstić information content (AvgIpc) is 2.66. The molecule has 1 aromatic rings. The lowest BCUT2D eigenvalue weighted by Gasteiger charge is -2.32. The van der Waals surface area contributed by atoms with Crippen LogP contribution in [0.4, 0.5) is 0 Å². The Morgan fingerprint density at radius 2 is 1.86 bits per heavy atom. The highest BCUT2D eigenvalue weighted by atomic mass is 16.7. The van der Waals surface area contributed by atoms with Gasteiger partial charge in [0.1, 0.15) is 6.29 Å². The van der Waals surface area contributed by atoms with Crippen LogP contribution in [0.2, 0.25) is 0 Å². The van der Waals surface area contributed by atoms with Crippen molar-refractivity contribution >= 4 is 18.9 Å². The number of aldehydes is 1. The molecule has 1 fully saturated rings. The van der Waals surface area contributed by atoms with E-state index in [9.17, 15) is 4.79 Å². The zero-order valence-corrected chi connectivity index (χ0v) is 13.6. The second kappa shape index (κ2) is 5.76. The second-order valence-electron chi connectivity index (χ2n) is 6.49. The number of azide groups is 1. The van der Waals surface area contributed by atoms with Crippen molar-refractivity contribution < 1.29 is 14.1 Å². The molecule has 0 aromatic heterocycles. The molecule has 1 aliphatic heterocycles. The van der Waals surface area contributed by atoms with Crippen molar-refractivity contribution in [3.05, 3.63) is 39.3 Å². The highest BCUT2D eigenvalue weighted by Crippen LogP contribution is 2.36. The fraction of sp³-hybridized carbons (Fsp3) is 0.533. The standard InChI is InChI=1S/C15H20BN3O3/c1-10-11(8-18-19-17)6-13(7-12(10)9-20)16-21-14(2,3)15(4,5)22-16/h6-7,9H,8H2,1-5H3. The van der Waals surface area contributed by atoms with Crippen LogP contribution in [0.15, 0.2) is 17.2 Å². The molecule has 1 aromatic carbocycles. The Kier molecular flexibility index (Phi) is 4.33. The van der Waals surface area contributed by atoms with Crippen molar-refractivity contribution in [3.63, 3.8) is 0 Å². The molecule has 0 aliphatic carbocycles. The van der Waals surface area contributed by atoms with Crippen molar-refractivity contribution in [1.29, 1.82) is 0 Å². The summed E-state index contributed by atoms with van der Waals surface area (Å²) in [6.45, 7) is 9.92. The van der Waals surface area contributed by atoms with Crippen molar-refractivity contribution in [1.82, 2.24) is 0 Å². The van der Waals surface area contributed by atoms with E-state index in [1.54, 1.807) is 6.07 Å². The van der Waals surface area contributed by atoms with Gasteiger partial charge in [-0.1, -0.05) is 17.2 Å². The van der Waals surface area contributed by atoms with Gasteiger partial charge in [-0.15, -0.1) is 0 Å². The summed E-state index contributed by atoms with van der Waals surface area (Å²) in [5.41, 5.74) is 10.5. The minimum Gasteiger partial charge on any atom is -0.399 e. The zero-order valence-electron chi connectivity index (χ0n) is 13.6. The van der Waals surface area contributed by atoms with Crippen molar-refractivity contribution in [3.8, 4) is 0 Å². The van der Waals surface area contributed by atoms with E-state index in [2.05, 4.69) is 10.0 Å². The highest BCUT2D eigenvalue weighted by molar-refractivity contribution is 6.62. The predicted octanol–water partition coefficient (Wildman–Crippen LogP) is 2.92. The van der Waals surface area contributed by atoms with Crippen molar-refractivity contribution in [2.75, 3.05) is 0 Å². The molecule has 0 atom stereocenters. The van der Waals surface area contributed by atoms with Crippen LogP contribution >= 0.6 is 0 Å². The lowest BCUT2D eigenvalue weighted by molar-refractivity contribution is 0.00578. The Morgan fingerprint density at radius 1 is 1.27 bits per heavy atom. The van der Waals surface area contributed by atoms with Crippen LogP contribution in [0, 0.1) is 6.92 Å². The summed E-state index contributed by atoms with van der Waals surface area (Å²) in [6, 6.07) is 3.64. The molecule has 7 heteroatoms. The third-order valence-electron chi connectivity index (χ3n) is 4.53. The summed E-state index contributed by atoms with van der Waals surface area (Å²) in [7, 11) is -0.547. The van der Waals surface area contributed by atoms with Crippen LogP contribution in [0.3, 0.4) is 0 Å². The van der Waals surface area contributed by atoms with Gasteiger partial charge in [-0.2, -0.15) is 0 Å². The number of hydrogen-bond acceptors (Lipinski definition) is 4. The molecule has 1 heterocycles. The molecule has 1 saturated heterocycles. The highest BCUT2D eigenvalue weighted by Gasteiger charge is 2.51. The Balaban J connectivity index is 2.44. The van der Waals surface area contributed by atoms with Gasteiger partial charge >= 0.3 is 7.12 Å². The minimum atomic E-state index is -0.547. The monoisotopic (exact) mass is 301 g/mol. The lowest BCUT2D eigenvalue weighted by atomic mass is 9.76. The molecule has 116 valence electrons. The van der Waals surface area contributed by atoms with Gasteiger partial charge in [0.15, 0.2) is 0 Å². The fourth-order valence-corrected chi connectivity index (χ4v) is 2.33. The first kappa shape index (κ1) is 16.6. The maximum atomic E-state index is 11.3. The van der Waals surface area contributed by atoms with Crippen LogP contribution in [-0.2, 0) is 15.9 Å². The molecule has 2 rings (SSSR count). The zero-order chi connectivity index (χ0) is 16.5. The van der Waals surface area contributed by atoms with Crippen LogP contribution in [0.1, 0.15) is 49.2 Å². The number of nitrogens with zero attached hydrogens (tertiary/aromatic N) is 3. The van der Waals surface area contributed by atoms with E-state index in [1.165, 1.54) is 0 Å². The average molecular weight is 301 g/mol. The molecule has 0 spiro atoms. The molecule has 0 unspecified atom stereocenters. The van der Waals surface area contributed by atoms with E-state index in [-0.39, 0.29) is 6.54 Å². The number of benzene rings is 1. The van der Waals surface area contributed by atoms with Gasteiger partial charge in [0.05, 0.1) is 17.7 Å². The van der Waals surface area contributed by atoms with Crippen molar-refractivity contribution in [2.24, 2.45) is 5.11 Å². The van der Waals surface area contributed by atoms with Crippen LogP contribution in [-0.4, -0.2) is 24.6 Å². The van der Waals surface area contributed by atoms with E-state index in [1.807, 2.05) is 40.7 Å². The van der Waals surface area contributed by atoms with E-state index < -0.39 is 18.3 Å². The van der Waals surface area contributed by atoms with Crippen LogP contribution in [0.5, 0.6) is 0 Å². The van der Waals surface area contributed by atoms with E-state index in [4.69, 9.17) is 14.8 Å². The summed E-state index contributed by atoms with van der Waals surface area (Å²) in [4.78, 5) is 14.1. The Hall–Kier alpha value is -1.82. The largest absolute Gasteiger partial charge is 0.494 e. The molecular weight excluding hydrogens is 281 g/mol. The lowest BCUT2D eigenvalue weighted by Crippen LogP contribution is -2.41. The van der Waals surface area contributed by atoms with E-state index >= 15 is 0 Å². The fourth-order valence-electron chi connectivity index (χ4n) is 2.33. The Morgan fingerprint density at radius 3 is 2.36 bits per heavy atom. The minimum absolute atomic E-state index is 0.191.